The minimum atomic E-state index is -0.339. The van der Waals surface area contributed by atoms with Gasteiger partial charge in [0.2, 0.25) is 5.91 Å². The van der Waals surface area contributed by atoms with Gasteiger partial charge in [-0.1, -0.05) is 0 Å². The van der Waals surface area contributed by atoms with Gasteiger partial charge in [-0.3, -0.25) is 9.69 Å². The van der Waals surface area contributed by atoms with Crippen LogP contribution in [0.2, 0.25) is 0 Å². The Hall–Kier alpha value is -1.12. The van der Waals surface area contributed by atoms with Crippen molar-refractivity contribution in [3.8, 4) is 6.07 Å². The van der Waals surface area contributed by atoms with Crippen molar-refractivity contribution in [2.24, 2.45) is 0 Å². The Morgan fingerprint density at radius 1 is 1.44 bits per heavy atom. The van der Waals surface area contributed by atoms with Gasteiger partial charge in [-0.2, -0.15) is 5.26 Å². The molecule has 92 valence electrons. The Bertz CT molecular complexity index is 248. The topological polar surface area (TPSA) is 67.6 Å². The summed E-state index contributed by atoms with van der Waals surface area (Å²) < 4.78 is 0. The van der Waals surface area contributed by atoms with Crippen molar-refractivity contribution in [2.75, 3.05) is 33.7 Å². The number of nitrogens with zero attached hydrogens (tertiary/aromatic N) is 3. The number of amides is 1. The smallest absolute Gasteiger partial charge is 0.236 e. The van der Waals surface area contributed by atoms with Gasteiger partial charge in [-0.05, 0) is 20.4 Å². The van der Waals surface area contributed by atoms with Crippen LogP contribution in [0.1, 0.15) is 19.8 Å². The van der Waals surface area contributed by atoms with E-state index in [2.05, 4.69) is 0 Å². The number of nitriles is 1. The van der Waals surface area contributed by atoms with Crippen LogP contribution in [0.3, 0.4) is 0 Å². The summed E-state index contributed by atoms with van der Waals surface area (Å²) in [5.74, 6) is 0.00310. The molecule has 5 heteroatoms. The number of hydrogen-bond donors (Lipinski definition) is 1. The van der Waals surface area contributed by atoms with Gasteiger partial charge in [0, 0.05) is 20.1 Å². The zero-order valence-electron chi connectivity index (χ0n) is 10.3. The summed E-state index contributed by atoms with van der Waals surface area (Å²) >= 11 is 0. The van der Waals surface area contributed by atoms with Crippen molar-refractivity contribution < 1.29 is 9.90 Å². The molecule has 0 aliphatic heterocycles. The van der Waals surface area contributed by atoms with Gasteiger partial charge in [0.15, 0.2) is 0 Å². The van der Waals surface area contributed by atoms with Crippen LogP contribution >= 0.6 is 0 Å². The summed E-state index contributed by atoms with van der Waals surface area (Å²) in [6.45, 7) is 3.22. The van der Waals surface area contributed by atoms with E-state index in [0.29, 0.717) is 32.5 Å². The minimum Gasteiger partial charge on any atom is -0.393 e. The molecule has 0 aliphatic rings. The van der Waals surface area contributed by atoms with Crippen molar-refractivity contribution in [1.82, 2.24) is 9.80 Å². The zero-order chi connectivity index (χ0) is 12.6. The van der Waals surface area contributed by atoms with E-state index in [1.165, 1.54) is 0 Å². The van der Waals surface area contributed by atoms with Crippen molar-refractivity contribution in [2.45, 2.75) is 25.9 Å². The lowest BCUT2D eigenvalue weighted by atomic mass is 10.3. The lowest BCUT2D eigenvalue weighted by Crippen LogP contribution is -2.37. The van der Waals surface area contributed by atoms with Crippen LogP contribution < -0.4 is 0 Å². The highest BCUT2D eigenvalue weighted by atomic mass is 16.3. The molecular formula is C11H21N3O2. The molecule has 0 rings (SSSR count). The fraction of sp³-hybridized carbons (Fsp3) is 0.818. The summed E-state index contributed by atoms with van der Waals surface area (Å²) in [5.41, 5.74) is 0. The van der Waals surface area contributed by atoms with Crippen LogP contribution in [0.4, 0.5) is 0 Å². The van der Waals surface area contributed by atoms with Crippen molar-refractivity contribution >= 4 is 5.91 Å². The molecule has 0 saturated heterocycles. The van der Waals surface area contributed by atoms with E-state index in [1.54, 1.807) is 18.9 Å². The second-order valence-electron chi connectivity index (χ2n) is 4.10. The fourth-order valence-corrected chi connectivity index (χ4v) is 1.18. The van der Waals surface area contributed by atoms with Crippen LogP contribution in [-0.4, -0.2) is 60.6 Å². The van der Waals surface area contributed by atoms with Gasteiger partial charge < -0.3 is 10.0 Å². The van der Waals surface area contributed by atoms with Crippen LogP contribution in [0.25, 0.3) is 0 Å². The summed E-state index contributed by atoms with van der Waals surface area (Å²) in [4.78, 5) is 15.0. The molecule has 1 N–H and O–H groups in total. The standard InChI is InChI=1S/C11H21N3O2/c1-10(15)5-8-13(2)9-11(16)14(3)7-4-6-12/h10,15H,4-5,7-9H2,1-3H3. The van der Waals surface area contributed by atoms with Crippen LogP contribution in [0.5, 0.6) is 0 Å². The van der Waals surface area contributed by atoms with Crippen LogP contribution in [-0.2, 0) is 4.79 Å². The van der Waals surface area contributed by atoms with Gasteiger partial charge in [-0.25, -0.2) is 0 Å². The number of carbonyl (C=O) groups is 1. The van der Waals surface area contributed by atoms with Crippen molar-refractivity contribution in [3.05, 3.63) is 0 Å². The largest absolute Gasteiger partial charge is 0.393 e. The van der Waals surface area contributed by atoms with Crippen molar-refractivity contribution in [1.29, 1.82) is 5.26 Å². The number of rotatable bonds is 7. The Morgan fingerprint density at radius 2 is 2.06 bits per heavy atom. The molecule has 5 nitrogen and oxygen atoms in total. The number of aliphatic hydroxyl groups is 1. The molecule has 0 aliphatic carbocycles. The number of aliphatic hydroxyl groups excluding tert-OH is 1. The average Bonchev–Trinajstić information content (AvgIpc) is 2.22. The Morgan fingerprint density at radius 3 is 2.56 bits per heavy atom. The first-order valence-corrected chi connectivity index (χ1v) is 5.45. The molecule has 0 fully saturated rings. The first kappa shape index (κ1) is 14.9. The Balaban J connectivity index is 3.81. The van der Waals surface area contributed by atoms with Gasteiger partial charge in [0.25, 0.3) is 0 Å². The monoisotopic (exact) mass is 227 g/mol. The maximum atomic E-state index is 11.6. The Labute approximate surface area is 97.3 Å². The van der Waals surface area contributed by atoms with E-state index in [0.717, 1.165) is 0 Å². The van der Waals surface area contributed by atoms with E-state index in [4.69, 9.17) is 10.4 Å². The van der Waals surface area contributed by atoms with Crippen LogP contribution in [0, 0.1) is 11.3 Å². The molecule has 0 aromatic rings. The molecule has 1 amide bonds. The summed E-state index contributed by atoms with van der Waals surface area (Å²) in [6.07, 6.45) is 0.680. The molecule has 0 radical (unpaired) electrons. The number of hydrogen-bond acceptors (Lipinski definition) is 4. The quantitative estimate of drug-likeness (QED) is 0.668. The molecule has 0 bridgehead atoms. The number of carbonyl (C=O) groups excluding carboxylic acids is 1. The third kappa shape index (κ3) is 7.21. The third-order valence-corrected chi connectivity index (χ3v) is 2.32. The predicted molar refractivity (Wildman–Crippen MR) is 61.7 cm³/mol. The predicted octanol–water partition coefficient (Wildman–Crippen LogP) is 0.0612. The van der Waals surface area contributed by atoms with Crippen LogP contribution in [0.15, 0.2) is 0 Å². The molecule has 0 aromatic heterocycles. The fourth-order valence-electron chi connectivity index (χ4n) is 1.18. The summed E-state index contributed by atoms with van der Waals surface area (Å²) in [5, 5.41) is 17.5. The van der Waals surface area contributed by atoms with Gasteiger partial charge in [0.05, 0.1) is 25.1 Å². The number of likely N-dealkylation sites (N-methyl/N-ethyl adjacent to an activating group) is 2. The summed E-state index contributed by atoms with van der Waals surface area (Å²) in [7, 11) is 3.54. The maximum absolute atomic E-state index is 11.6. The Kier molecular flexibility index (Phi) is 7.52. The minimum absolute atomic E-state index is 0.00310. The SMILES string of the molecule is CC(O)CCN(C)CC(=O)N(C)CCC#N. The molecule has 0 heterocycles. The second-order valence-corrected chi connectivity index (χ2v) is 4.10. The van der Waals surface area contributed by atoms with E-state index in [9.17, 15) is 4.79 Å². The highest BCUT2D eigenvalue weighted by Crippen LogP contribution is 1.95. The van der Waals surface area contributed by atoms with Gasteiger partial charge in [-0.15, -0.1) is 0 Å². The van der Waals surface area contributed by atoms with Crippen molar-refractivity contribution in [3.63, 3.8) is 0 Å². The lowest BCUT2D eigenvalue weighted by Gasteiger charge is -2.21. The molecule has 1 atom stereocenters. The molecular weight excluding hydrogens is 206 g/mol. The third-order valence-electron chi connectivity index (χ3n) is 2.32. The highest BCUT2D eigenvalue weighted by Gasteiger charge is 2.11. The molecule has 0 spiro atoms. The molecule has 0 aromatic carbocycles. The first-order valence-electron chi connectivity index (χ1n) is 5.45. The first-order chi connectivity index (χ1) is 7.47. The van der Waals surface area contributed by atoms with Gasteiger partial charge in [0.1, 0.15) is 0 Å². The van der Waals surface area contributed by atoms with E-state index in [1.807, 2.05) is 18.0 Å². The van der Waals surface area contributed by atoms with E-state index in [-0.39, 0.29) is 12.0 Å². The molecule has 0 saturated carbocycles. The van der Waals surface area contributed by atoms with E-state index < -0.39 is 0 Å². The lowest BCUT2D eigenvalue weighted by molar-refractivity contribution is -0.130. The molecule has 16 heavy (non-hydrogen) atoms. The summed E-state index contributed by atoms with van der Waals surface area (Å²) in [6, 6.07) is 2.01. The van der Waals surface area contributed by atoms with E-state index >= 15 is 0 Å². The van der Waals surface area contributed by atoms with Gasteiger partial charge >= 0.3 is 0 Å². The highest BCUT2D eigenvalue weighted by molar-refractivity contribution is 5.77. The zero-order valence-corrected chi connectivity index (χ0v) is 10.3. The maximum Gasteiger partial charge on any atom is 0.236 e. The normalized spacial score (nSPS) is 12.2. The second kappa shape index (κ2) is 8.08. The average molecular weight is 227 g/mol. The molecule has 1 unspecified atom stereocenters.